The van der Waals surface area contributed by atoms with E-state index in [9.17, 15) is 19.8 Å². The summed E-state index contributed by atoms with van der Waals surface area (Å²) in [6, 6.07) is -0.726. The van der Waals surface area contributed by atoms with Gasteiger partial charge in [-0.1, -0.05) is 214 Å². The van der Waals surface area contributed by atoms with E-state index in [4.69, 9.17) is 4.74 Å². The number of nitrogens with one attached hydrogen (secondary N) is 1. The number of allylic oxidation sites excluding steroid dienone is 16. The van der Waals surface area contributed by atoms with Gasteiger partial charge in [0.05, 0.1) is 25.2 Å². The maximum atomic E-state index is 13.1. The van der Waals surface area contributed by atoms with Gasteiger partial charge >= 0.3 is 5.97 Å². The summed E-state index contributed by atoms with van der Waals surface area (Å²) in [5.41, 5.74) is 0. The SMILES string of the molecule is CC/C=C/C=C/C=C\C=C/C=C/CCCCCC(=O)OC(CCCCC\C=C/C=C/C=C/CC)CC(=O)NC(CO)C(O)CCCCCCCCCCCCCCC. The number of carbonyl (C=O) groups excluding carboxylic acids is 2. The van der Waals surface area contributed by atoms with Gasteiger partial charge in [-0.3, -0.25) is 9.59 Å². The first kappa shape index (κ1) is 54.8. The second kappa shape index (κ2) is 44.9. The molecule has 0 bridgehead atoms. The summed E-state index contributed by atoms with van der Waals surface area (Å²) in [7, 11) is 0. The van der Waals surface area contributed by atoms with E-state index in [0.29, 0.717) is 19.3 Å². The van der Waals surface area contributed by atoms with Crippen LogP contribution in [0.2, 0.25) is 0 Å². The maximum absolute atomic E-state index is 13.1. The van der Waals surface area contributed by atoms with E-state index in [-0.39, 0.29) is 24.9 Å². The number of esters is 1. The van der Waals surface area contributed by atoms with Gasteiger partial charge in [-0.15, -0.1) is 0 Å². The van der Waals surface area contributed by atoms with Crippen LogP contribution in [0.4, 0.5) is 0 Å². The number of rotatable bonds is 40. The normalized spacial score (nSPS) is 14.2. The van der Waals surface area contributed by atoms with Gasteiger partial charge in [0.25, 0.3) is 0 Å². The molecule has 3 atom stereocenters. The first-order valence-corrected chi connectivity index (χ1v) is 23.6. The lowest BCUT2D eigenvalue weighted by molar-refractivity contribution is -0.151. The summed E-state index contributed by atoms with van der Waals surface area (Å²) in [6.45, 7) is 6.16. The lowest BCUT2D eigenvalue weighted by Gasteiger charge is -2.24. The minimum absolute atomic E-state index is 0.0311. The van der Waals surface area contributed by atoms with Gasteiger partial charge in [0.2, 0.25) is 5.91 Å². The predicted octanol–water partition coefficient (Wildman–Crippen LogP) is 13.8. The average Bonchev–Trinajstić information content (AvgIpc) is 3.22. The second-order valence-electron chi connectivity index (χ2n) is 15.6. The van der Waals surface area contributed by atoms with E-state index in [0.717, 1.165) is 83.5 Å². The third-order valence-corrected chi connectivity index (χ3v) is 10.1. The molecule has 3 unspecified atom stereocenters. The summed E-state index contributed by atoms with van der Waals surface area (Å²) in [4.78, 5) is 26.0. The minimum Gasteiger partial charge on any atom is -0.462 e. The molecule has 0 saturated heterocycles. The molecular weight excluding hydrogens is 719 g/mol. The first-order valence-electron chi connectivity index (χ1n) is 23.6. The molecule has 0 aromatic rings. The molecule has 0 heterocycles. The highest BCUT2D eigenvalue weighted by Crippen LogP contribution is 2.17. The number of carbonyl (C=O) groups is 2. The van der Waals surface area contributed by atoms with Crippen molar-refractivity contribution in [2.24, 2.45) is 0 Å². The van der Waals surface area contributed by atoms with Crippen molar-refractivity contribution in [2.75, 3.05) is 6.61 Å². The molecule has 0 fully saturated rings. The molecule has 0 aromatic heterocycles. The zero-order chi connectivity index (χ0) is 42.4. The van der Waals surface area contributed by atoms with E-state index in [2.05, 4.69) is 68.6 Å². The van der Waals surface area contributed by atoms with Crippen LogP contribution in [-0.4, -0.2) is 46.9 Å². The number of aliphatic hydroxyl groups excluding tert-OH is 2. The summed E-state index contributed by atoms with van der Waals surface area (Å²) in [6.07, 6.45) is 58.9. The zero-order valence-electron chi connectivity index (χ0n) is 37.4. The zero-order valence-corrected chi connectivity index (χ0v) is 37.4. The second-order valence-corrected chi connectivity index (χ2v) is 15.6. The van der Waals surface area contributed by atoms with E-state index >= 15 is 0 Å². The van der Waals surface area contributed by atoms with Gasteiger partial charge in [0, 0.05) is 6.42 Å². The van der Waals surface area contributed by atoms with E-state index in [1.807, 2.05) is 54.7 Å². The number of aliphatic hydroxyl groups is 2. The fraction of sp³-hybridized carbons (Fsp3) is 0.654. The molecule has 0 radical (unpaired) electrons. The number of unbranched alkanes of at least 4 members (excludes halogenated alkanes) is 18. The Morgan fingerprint density at radius 3 is 1.41 bits per heavy atom. The standard InChI is InChI=1S/C52H87NO5/c1-4-7-10-13-16-19-22-24-25-27-30-33-36-39-42-45-52(57)58-48(43-40-37-34-31-28-21-18-15-12-9-6-3)46-51(56)53-49(47-54)50(55)44-41-38-35-32-29-26-23-20-17-14-11-8-5-2/h7,9-10,12-13,15-16,18-19,21-22,24-25,27-28,30,48-50,54-55H,4-6,8,11,14,17,20,23,26,29,31-47H2,1-3H3,(H,53,56)/b10-7+,12-9+,16-13+,18-15+,22-19-,25-24-,28-21-,30-27+. The van der Waals surface area contributed by atoms with Gasteiger partial charge in [-0.25, -0.2) is 0 Å². The molecule has 0 rings (SSSR count). The molecule has 0 aliphatic rings. The Bertz CT molecular complexity index is 1180. The van der Waals surface area contributed by atoms with Crippen LogP contribution in [0, 0.1) is 0 Å². The molecule has 1 amide bonds. The van der Waals surface area contributed by atoms with Crippen LogP contribution in [-0.2, 0) is 14.3 Å². The molecule has 0 aliphatic carbocycles. The lowest BCUT2D eigenvalue weighted by Crippen LogP contribution is -2.46. The summed E-state index contributed by atoms with van der Waals surface area (Å²) in [5.74, 6) is -0.569. The van der Waals surface area contributed by atoms with Crippen LogP contribution in [0.15, 0.2) is 97.2 Å². The molecular formula is C52H87NO5. The predicted molar refractivity (Wildman–Crippen MR) is 250 cm³/mol. The lowest BCUT2D eigenvalue weighted by atomic mass is 10.0. The quantitative estimate of drug-likeness (QED) is 0.0326. The highest BCUT2D eigenvalue weighted by molar-refractivity contribution is 5.77. The molecule has 3 N–H and O–H groups in total. The van der Waals surface area contributed by atoms with Crippen molar-refractivity contribution in [3.05, 3.63) is 97.2 Å². The van der Waals surface area contributed by atoms with Crippen molar-refractivity contribution in [1.29, 1.82) is 0 Å². The van der Waals surface area contributed by atoms with Gasteiger partial charge in [0.15, 0.2) is 0 Å². The van der Waals surface area contributed by atoms with Crippen molar-refractivity contribution < 1.29 is 24.5 Å². The summed E-state index contributed by atoms with van der Waals surface area (Å²) < 4.78 is 5.87. The fourth-order valence-corrected chi connectivity index (χ4v) is 6.57. The Balaban J connectivity index is 4.70. The Morgan fingerprint density at radius 1 is 0.517 bits per heavy atom. The molecule has 0 spiro atoms. The molecule has 0 aliphatic heterocycles. The topological polar surface area (TPSA) is 95.9 Å². The van der Waals surface area contributed by atoms with E-state index < -0.39 is 18.2 Å². The molecule has 330 valence electrons. The third kappa shape index (κ3) is 39.6. The first-order chi connectivity index (χ1) is 28.5. The number of amides is 1. The molecule has 6 heteroatoms. The van der Waals surface area contributed by atoms with Crippen LogP contribution in [0.5, 0.6) is 0 Å². The minimum atomic E-state index is -0.809. The van der Waals surface area contributed by atoms with Gasteiger partial charge in [0.1, 0.15) is 6.10 Å². The van der Waals surface area contributed by atoms with Crippen LogP contribution < -0.4 is 5.32 Å². The van der Waals surface area contributed by atoms with Crippen LogP contribution in [0.3, 0.4) is 0 Å². The molecule has 58 heavy (non-hydrogen) atoms. The smallest absolute Gasteiger partial charge is 0.306 e. The maximum Gasteiger partial charge on any atom is 0.306 e. The molecule has 6 nitrogen and oxygen atoms in total. The Labute approximate surface area is 356 Å². The van der Waals surface area contributed by atoms with Crippen LogP contribution in [0.1, 0.15) is 194 Å². The highest BCUT2D eigenvalue weighted by atomic mass is 16.5. The van der Waals surface area contributed by atoms with Crippen molar-refractivity contribution in [3.8, 4) is 0 Å². The van der Waals surface area contributed by atoms with Crippen molar-refractivity contribution in [3.63, 3.8) is 0 Å². The average molecular weight is 806 g/mol. The van der Waals surface area contributed by atoms with Crippen molar-refractivity contribution >= 4 is 11.9 Å². The number of hydrogen-bond acceptors (Lipinski definition) is 5. The Hall–Kier alpha value is -3.22. The van der Waals surface area contributed by atoms with Crippen molar-refractivity contribution in [2.45, 2.75) is 212 Å². The van der Waals surface area contributed by atoms with Gasteiger partial charge < -0.3 is 20.3 Å². The molecule has 0 aromatic carbocycles. The van der Waals surface area contributed by atoms with Crippen LogP contribution >= 0.6 is 0 Å². The van der Waals surface area contributed by atoms with Gasteiger partial charge in [-0.2, -0.15) is 0 Å². The third-order valence-electron chi connectivity index (χ3n) is 10.1. The Kier molecular flexibility index (Phi) is 42.4. The van der Waals surface area contributed by atoms with Gasteiger partial charge in [-0.05, 0) is 64.2 Å². The number of ether oxygens (including phenoxy) is 1. The summed E-state index contributed by atoms with van der Waals surface area (Å²) in [5, 5.41) is 23.7. The van der Waals surface area contributed by atoms with Crippen molar-refractivity contribution in [1.82, 2.24) is 5.32 Å². The van der Waals surface area contributed by atoms with E-state index in [1.165, 1.54) is 64.2 Å². The Morgan fingerprint density at radius 2 is 0.931 bits per heavy atom. The monoisotopic (exact) mass is 806 g/mol. The largest absolute Gasteiger partial charge is 0.462 e. The number of hydrogen-bond donors (Lipinski definition) is 3. The summed E-state index contributed by atoms with van der Waals surface area (Å²) >= 11 is 0. The fourth-order valence-electron chi connectivity index (χ4n) is 6.57. The highest BCUT2D eigenvalue weighted by Gasteiger charge is 2.24. The van der Waals surface area contributed by atoms with E-state index in [1.54, 1.807) is 0 Å². The van der Waals surface area contributed by atoms with Crippen LogP contribution in [0.25, 0.3) is 0 Å². The molecule has 0 saturated carbocycles.